The van der Waals surface area contributed by atoms with Crippen molar-refractivity contribution in [3.05, 3.63) is 0 Å². The molecular formula is C48H85N5O17S. The predicted octanol–water partition coefficient (Wildman–Crippen LogP) is 1.92. The lowest BCUT2D eigenvalue weighted by Gasteiger charge is -2.16. The number of carbonyl (C=O) groups excluding carboxylic acids is 8. The number of unbranched alkanes of at least 4 members (excludes halogenated alkanes) is 7. The monoisotopic (exact) mass is 1040 g/mol. The first-order valence-corrected chi connectivity index (χ1v) is 25.8. The van der Waals surface area contributed by atoms with Gasteiger partial charge >= 0.3 is 11.9 Å². The number of nitrogens with two attached hydrogens (primary N) is 1. The Kier molecular flexibility index (Phi) is 45.1. The Morgan fingerprint density at radius 1 is 0.577 bits per heavy atom. The standard InChI is InChI=1S/C44H76N4O16S.C4H9NO/c1-3-34(38(52)27-35(28-49)33(2)50)31-65-32-42(56)46-19-18-45-40(54)29-64-26-24-62-22-20-47-41(55)30-63-25-23-61-21-12-13-36(51)16-17-37(44(59)60)48-39(53)14-10-8-6-4-5-7-9-11-15-43(57)58;1-3(5)4(2)6/h34-35,37,49H,3-32H2,1-2H3,(H,45,54)(H,46,56)(H,47,55)(H,48,53)(H,57,58)(H,59,60);3H,5H2,1-2H3/t34-,35-,37-;3-/m00/s1. The summed E-state index contributed by atoms with van der Waals surface area (Å²) in [6.45, 7) is 7.49. The zero-order valence-electron chi connectivity index (χ0n) is 42.6. The van der Waals surface area contributed by atoms with E-state index >= 15 is 0 Å². The first kappa shape index (κ1) is 68.7. The van der Waals surface area contributed by atoms with Crippen LogP contribution < -0.4 is 27.0 Å². The van der Waals surface area contributed by atoms with Gasteiger partial charge in [0.1, 0.15) is 42.4 Å². The molecule has 0 unspecified atom stereocenters. The maximum atomic E-state index is 12.5. The van der Waals surface area contributed by atoms with Gasteiger partial charge in [0, 0.05) is 75.9 Å². The summed E-state index contributed by atoms with van der Waals surface area (Å²) in [5.41, 5.74) is 5.09. The number of carboxylic acid groups (broad SMARTS) is 2. The van der Waals surface area contributed by atoms with Crippen LogP contribution in [0.15, 0.2) is 0 Å². The van der Waals surface area contributed by atoms with Crippen molar-refractivity contribution < 1.29 is 82.2 Å². The molecule has 0 aromatic carbocycles. The normalized spacial score (nSPS) is 12.5. The number of thioether (sulfide) groups is 1. The number of ether oxygens (including phenoxy) is 4. The molecule has 0 bridgehead atoms. The van der Waals surface area contributed by atoms with Gasteiger partial charge in [0.2, 0.25) is 23.6 Å². The number of aliphatic carboxylic acids is 2. The molecule has 0 aliphatic rings. The fraction of sp³-hybridized carbons (Fsp3) is 0.792. The SMILES string of the molecule is CC(=O)[C@H](C)N.CC[C@@H](CSCC(=O)NCCNC(=O)COCCOCCNC(=O)COCCOCCCC(=O)CC[C@H](NC(=O)CCCCCCCCCCC(=O)O)C(=O)O)C(=O)C[C@@H](CO)C(C)=O. The predicted molar refractivity (Wildman–Crippen MR) is 265 cm³/mol. The third kappa shape index (κ3) is 45.2. The molecule has 0 aromatic rings. The second-order valence-electron chi connectivity index (χ2n) is 16.9. The van der Waals surface area contributed by atoms with Gasteiger partial charge in [0.25, 0.3) is 0 Å². The van der Waals surface area contributed by atoms with E-state index < -0.39 is 23.9 Å². The Bertz CT molecular complexity index is 1550. The third-order valence-electron chi connectivity index (χ3n) is 10.6. The van der Waals surface area contributed by atoms with Gasteiger partial charge in [-0.05, 0) is 52.9 Å². The summed E-state index contributed by atoms with van der Waals surface area (Å²) in [6.07, 6.45) is 8.63. The van der Waals surface area contributed by atoms with Crippen LogP contribution >= 0.6 is 11.8 Å². The minimum Gasteiger partial charge on any atom is -0.481 e. The molecule has 4 amide bonds. The van der Waals surface area contributed by atoms with Gasteiger partial charge in [-0.3, -0.25) is 43.2 Å². The molecule has 0 fully saturated rings. The number of carboxylic acids is 2. The van der Waals surface area contributed by atoms with E-state index in [-0.39, 0.29) is 182 Å². The van der Waals surface area contributed by atoms with E-state index in [9.17, 15) is 58.2 Å². The largest absolute Gasteiger partial charge is 0.481 e. The van der Waals surface area contributed by atoms with Gasteiger partial charge in [0.15, 0.2) is 0 Å². The quantitative estimate of drug-likeness (QED) is 0.0404. The maximum absolute atomic E-state index is 12.5. The zero-order chi connectivity index (χ0) is 53.7. The Morgan fingerprint density at radius 3 is 1.59 bits per heavy atom. The molecule has 71 heavy (non-hydrogen) atoms. The number of ketones is 4. The van der Waals surface area contributed by atoms with Crippen molar-refractivity contribution in [3.8, 4) is 0 Å². The van der Waals surface area contributed by atoms with Gasteiger partial charge in [-0.2, -0.15) is 11.8 Å². The van der Waals surface area contributed by atoms with Crippen LogP contribution in [0.5, 0.6) is 0 Å². The summed E-state index contributed by atoms with van der Waals surface area (Å²) < 4.78 is 21.4. The lowest BCUT2D eigenvalue weighted by atomic mass is 9.92. The summed E-state index contributed by atoms with van der Waals surface area (Å²) >= 11 is 1.31. The van der Waals surface area contributed by atoms with E-state index in [1.165, 1.54) is 25.6 Å². The highest BCUT2D eigenvalue weighted by Crippen LogP contribution is 2.18. The fourth-order valence-electron chi connectivity index (χ4n) is 6.02. The second kappa shape index (κ2) is 46.7. The van der Waals surface area contributed by atoms with Crippen LogP contribution in [0, 0.1) is 11.8 Å². The number of amides is 4. The molecule has 4 atom stereocenters. The fourth-order valence-corrected chi connectivity index (χ4v) is 7.13. The molecule has 9 N–H and O–H groups in total. The van der Waals surface area contributed by atoms with Crippen LogP contribution in [0.25, 0.3) is 0 Å². The van der Waals surface area contributed by atoms with Gasteiger partial charge in [-0.25, -0.2) is 4.79 Å². The minimum atomic E-state index is -1.19. The molecule has 0 spiro atoms. The number of aliphatic hydroxyl groups is 1. The molecule has 23 heteroatoms. The van der Waals surface area contributed by atoms with E-state index in [1.54, 1.807) is 6.92 Å². The number of carbonyl (C=O) groups is 10. The van der Waals surface area contributed by atoms with Gasteiger partial charge in [-0.15, -0.1) is 0 Å². The van der Waals surface area contributed by atoms with E-state index in [4.69, 9.17) is 29.8 Å². The summed E-state index contributed by atoms with van der Waals surface area (Å²) in [6, 6.07) is -1.42. The Morgan fingerprint density at radius 2 is 1.08 bits per heavy atom. The topological polar surface area (TPSA) is 342 Å². The summed E-state index contributed by atoms with van der Waals surface area (Å²) in [5, 5.41) is 37.9. The lowest BCUT2D eigenvalue weighted by Crippen LogP contribution is -2.41. The number of nitrogens with one attached hydrogen (secondary N) is 4. The van der Waals surface area contributed by atoms with Crippen molar-refractivity contribution in [1.29, 1.82) is 0 Å². The average molecular weight is 1040 g/mol. The van der Waals surface area contributed by atoms with Crippen LogP contribution in [0.1, 0.15) is 130 Å². The third-order valence-corrected chi connectivity index (χ3v) is 11.7. The summed E-state index contributed by atoms with van der Waals surface area (Å²) in [7, 11) is 0. The van der Waals surface area contributed by atoms with Crippen molar-refractivity contribution >= 4 is 70.5 Å². The van der Waals surface area contributed by atoms with E-state index in [0.717, 1.165) is 38.5 Å². The van der Waals surface area contributed by atoms with Crippen molar-refractivity contribution in [2.45, 2.75) is 143 Å². The van der Waals surface area contributed by atoms with Crippen LogP contribution in [-0.2, 0) is 66.9 Å². The molecule has 0 aliphatic carbocycles. The smallest absolute Gasteiger partial charge is 0.326 e. The minimum absolute atomic E-state index is 0.00273. The Labute approximate surface area is 423 Å². The van der Waals surface area contributed by atoms with Crippen LogP contribution in [0.2, 0.25) is 0 Å². The molecule has 0 aromatic heterocycles. The number of hydrogen-bond acceptors (Lipinski definition) is 17. The first-order valence-electron chi connectivity index (χ1n) is 24.7. The number of hydrogen-bond donors (Lipinski definition) is 8. The lowest BCUT2D eigenvalue weighted by molar-refractivity contribution is -0.142. The van der Waals surface area contributed by atoms with Crippen molar-refractivity contribution in [2.75, 3.05) is 90.6 Å². The van der Waals surface area contributed by atoms with Crippen LogP contribution in [0.3, 0.4) is 0 Å². The van der Waals surface area contributed by atoms with E-state index in [2.05, 4.69) is 21.3 Å². The molecule has 0 rings (SSSR count). The number of aliphatic hydroxyl groups excluding tert-OH is 1. The molecule has 0 aliphatic heterocycles. The molecular weight excluding hydrogens is 951 g/mol. The number of rotatable bonds is 47. The van der Waals surface area contributed by atoms with Crippen molar-refractivity contribution in [1.82, 2.24) is 21.3 Å². The van der Waals surface area contributed by atoms with E-state index in [0.29, 0.717) is 31.4 Å². The highest BCUT2D eigenvalue weighted by molar-refractivity contribution is 7.99. The Balaban J connectivity index is 0. The molecule has 0 heterocycles. The number of Topliss-reactive ketones (excluding diaryl/α,β-unsaturated/α-hetero) is 4. The Hall–Kier alpha value is -4.39. The first-order chi connectivity index (χ1) is 33.8. The second-order valence-corrected chi connectivity index (χ2v) is 18.0. The van der Waals surface area contributed by atoms with Gasteiger partial charge in [-0.1, -0.05) is 45.4 Å². The average Bonchev–Trinajstić information content (AvgIpc) is 3.31. The highest BCUT2D eigenvalue weighted by Gasteiger charge is 2.24. The van der Waals surface area contributed by atoms with Gasteiger partial charge < -0.3 is 61.3 Å². The van der Waals surface area contributed by atoms with E-state index in [1.807, 2.05) is 6.92 Å². The highest BCUT2D eigenvalue weighted by atomic mass is 32.2. The summed E-state index contributed by atoms with van der Waals surface area (Å²) in [4.78, 5) is 117. The van der Waals surface area contributed by atoms with Crippen LogP contribution in [0.4, 0.5) is 0 Å². The van der Waals surface area contributed by atoms with Crippen LogP contribution in [-0.4, -0.2) is 177 Å². The molecule has 0 saturated heterocycles. The van der Waals surface area contributed by atoms with Crippen molar-refractivity contribution in [3.63, 3.8) is 0 Å². The molecule has 22 nitrogen and oxygen atoms in total. The summed E-state index contributed by atoms with van der Waals surface area (Å²) in [5.74, 6) is -4.14. The molecule has 0 saturated carbocycles. The van der Waals surface area contributed by atoms with Crippen molar-refractivity contribution in [2.24, 2.45) is 17.6 Å². The molecule has 0 radical (unpaired) electrons. The maximum Gasteiger partial charge on any atom is 0.326 e. The molecule has 410 valence electrons. The van der Waals surface area contributed by atoms with Gasteiger partial charge in [0.05, 0.1) is 51.4 Å². The zero-order valence-corrected chi connectivity index (χ0v) is 43.4.